The molecule has 0 fully saturated rings. The number of nitrogens with zero attached hydrogens (tertiary/aromatic N) is 3. The van der Waals surface area contributed by atoms with Crippen LogP contribution < -0.4 is 14.8 Å². The summed E-state index contributed by atoms with van der Waals surface area (Å²) in [6.45, 7) is -1.41. The number of amides is 1. The second-order valence-electron chi connectivity index (χ2n) is 7.45. The van der Waals surface area contributed by atoms with Crippen LogP contribution in [0.1, 0.15) is 12.0 Å². The fourth-order valence-electron chi connectivity index (χ4n) is 3.37. The summed E-state index contributed by atoms with van der Waals surface area (Å²) in [5.41, 5.74) is 3.06. The summed E-state index contributed by atoms with van der Waals surface area (Å²) in [5, 5.41) is 2.79. The highest BCUT2D eigenvalue weighted by Crippen LogP contribution is 2.30. The Bertz CT molecular complexity index is 1290. The summed E-state index contributed by atoms with van der Waals surface area (Å²) >= 11 is 0. The van der Waals surface area contributed by atoms with Crippen LogP contribution in [0.3, 0.4) is 0 Å². The first-order chi connectivity index (χ1) is 16.3. The van der Waals surface area contributed by atoms with Gasteiger partial charge in [0.1, 0.15) is 12.1 Å². The number of rotatable bonds is 8. The molecule has 0 aliphatic heterocycles. The summed E-state index contributed by atoms with van der Waals surface area (Å²) < 4.78 is 48.9. The number of nitrogens with one attached hydrogen (secondary N) is 1. The van der Waals surface area contributed by atoms with Crippen LogP contribution in [0, 0.1) is 0 Å². The molecule has 0 atom stereocenters. The number of anilines is 1. The van der Waals surface area contributed by atoms with E-state index >= 15 is 0 Å². The molecule has 7 nitrogen and oxygen atoms in total. The Morgan fingerprint density at radius 2 is 1.88 bits per heavy atom. The Hall–Kier alpha value is -4.08. The maximum Gasteiger partial charge on any atom is 0.422 e. The van der Waals surface area contributed by atoms with E-state index in [2.05, 4.69) is 15.3 Å². The third-order valence-electron chi connectivity index (χ3n) is 4.99. The molecule has 2 aromatic heterocycles. The molecule has 0 bridgehead atoms. The number of hydrogen-bond acceptors (Lipinski definition) is 5. The first kappa shape index (κ1) is 23.1. The predicted octanol–water partition coefficient (Wildman–Crippen LogP) is 4.94. The number of ether oxygens (including phenoxy) is 2. The Balaban J connectivity index is 1.34. The smallest absolute Gasteiger partial charge is 0.422 e. The SMILES string of the molecule is COc1cc(CCC(=O)Nc2ccc(-n3cnc4ccccc43)nc2)ccc1OCC(F)(F)F. The van der Waals surface area contributed by atoms with Crippen molar-refractivity contribution in [3.05, 3.63) is 72.7 Å². The van der Waals surface area contributed by atoms with Crippen LogP contribution >= 0.6 is 0 Å². The number of halogens is 3. The van der Waals surface area contributed by atoms with Crippen molar-refractivity contribution in [3.8, 4) is 17.3 Å². The molecule has 2 heterocycles. The number of imidazole rings is 1. The van der Waals surface area contributed by atoms with E-state index in [1.165, 1.54) is 13.2 Å². The quantitative estimate of drug-likeness (QED) is 0.395. The Morgan fingerprint density at radius 3 is 2.62 bits per heavy atom. The van der Waals surface area contributed by atoms with Gasteiger partial charge in [-0.25, -0.2) is 9.97 Å². The van der Waals surface area contributed by atoms with E-state index in [0.29, 0.717) is 17.9 Å². The summed E-state index contributed by atoms with van der Waals surface area (Å²) in [6.07, 6.45) is -0.647. The highest BCUT2D eigenvalue weighted by Gasteiger charge is 2.29. The van der Waals surface area contributed by atoms with Crippen molar-refractivity contribution in [1.29, 1.82) is 0 Å². The number of fused-ring (bicyclic) bond motifs is 1. The summed E-state index contributed by atoms with van der Waals surface area (Å²) in [6, 6.07) is 15.8. The van der Waals surface area contributed by atoms with Gasteiger partial charge in [0, 0.05) is 6.42 Å². The molecule has 10 heteroatoms. The first-order valence-corrected chi connectivity index (χ1v) is 10.4. The number of benzene rings is 2. The number of alkyl halides is 3. The number of carbonyl (C=O) groups is 1. The molecule has 0 radical (unpaired) electrons. The fourth-order valence-corrected chi connectivity index (χ4v) is 3.37. The zero-order valence-electron chi connectivity index (χ0n) is 18.2. The lowest BCUT2D eigenvalue weighted by molar-refractivity contribution is -0.153. The van der Waals surface area contributed by atoms with Gasteiger partial charge in [0.15, 0.2) is 18.1 Å². The van der Waals surface area contributed by atoms with E-state index in [0.717, 1.165) is 16.6 Å². The van der Waals surface area contributed by atoms with E-state index in [-0.39, 0.29) is 23.8 Å². The van der Waals surface area contributed by atoms with Crippen molar-refractivity contribution in [2.24, 2.45) is 0 Å². The number of aryl methyl sites for hydroxylation is 1. The molecule has 4 rings (SSSR count). The van der Waals surface area contributed by atoms with Gasteiger partial charge >= 0.3 is 6.18 Å². The van der Waals surface area contributed by atoms with Gasteiger partial charge in [-0.3, -0.25) is 9.36 Å². The number of pyridine rings is 1. The van der Waals surface area contributed by atoms with Gasteiger partial charge in [-0.05, 0) is 48.4 Å². The number of hydrogen-bond donors (Lipinski definition) is 1. The lowest BCUT2D eigenvalue weighted by atomic mass is 10.1. The van der Waals surface area contributed by atoms with Crippen molar-refractivity contribution in [2.75, 3.05) is 19.0 Å². The molecule has 0 spiro atoms. The predicted molar refractivity (Wildman–Crippen MR) is 120 cm³/mol. The summed E-state index contributed by atoms with van der Waals surface area (Å²) in [5.74, 6) is 0.615. The van der Waals surface area contributed by atoms with Crippen LogP contribution in [-0.2, 0) is 11.2 Å². The van der Waals surface area contributed by atoms with Crippen molar-refractivity contribution in [3.63, 3.8) is 0 Å². The molecule has 2 aromatic carbocycles. The second-order valence-corrected chi connectivity index (χ2v) is 7.45. The van der Waals surface area contributed by atoms with Gasteiger partial charge in [-0.15, -0.1) is 0 Å². The van der Waals surface area contributed by atoms with Crippen LogP contribution in [0.25, 0.3) is 16.9 Å². The number of para-hydroxylation sites is 2. The maximum absolute atomic E-state index is 12.4. The Morgan fingerprint density at radius 1 is 1.06 bits per heavy atom. The highest BCUT2D eigenvalue weighted by atomic mass is 19.4. The third-order valence-corrected chi connectivity index (χ3v) is 4.99. The van der Waals surface area contributed by atoms with Crippen molar-refractivity contribution in [2.45, 2.75) is 19.0 Å². The van der Waals surface area contributed by atoms with E-state index in [4.69, 9.17) is 9.47 Å². The number of methoxy groups -OCH3 is 1. The molecule has 1 N–H and O–H groups in total. The zero-order chi connectivity index (χ0) is 24.1. The minimum atomic E-state index is -4.44. The van der Waals surface area contributed by atoms with E-state index < -0.39 is 12.8 Å². The van der Waals surface area contributed by atoms with Gasteiger partial charge in [-0.1, -0.05) is 18.2 Å². The first-order valence-electron chi connectivity index (χ1n) is 10.4. The molecule has 34 heavy (non-hydrogen) atoms. The lowest BCUT2D eigenvalue weighted by Gasteiger charge is -2.13. The van der Waals surface area contributed by atoms with Crippen LogP contribution in [0.4, 0.5) is 18.9 Å². The Kier molecular flexibility index (Phi) is 6.67. The fraction of sp³-hybridized carbons (Fsp3) is 0.208. The summed E-state index contributed by atoms with van der Waals surface area (Å²) in [4.78, 5) is 21.1. The van der Waals surface area contributed by atoms with E-state index in [9.17, 15) is 18.0 Å². The third kappa shape index (κ3) is 5.64. The second kappa shape index (κ2) is 9.82. The molecule has 176 valence electrons. The highest BCUT2D eigenvalue weighted by molar-refractivity contribution is 5.90. The molecule has 0 saturated heterocycles. The average Bonchev–Trinajstić information content (AvgIpc) is 3.26. The van der Waals surface area contributed by atoms with E-state index in [1.54, 1.807) is 36.8 Å². The molecule has 0 saturated carbocycles. The topological polar surface area (TPSA) is 78.3 Å². The lowest BCUT2D eigenvalue weighted by Crippen LogP contribution is -2.19. The van der Waals surface area contributed by atoms with Gasteiger partial charge in [-0.2, -0.15) is 13.2 Å². The minimum absolute atomic E-state index is 0.00939. The van der Waals surface area contributed by atoms with Crippen molar-refractivity contribution >= 4 is 22.6 Å². The number of carbonyl (C=O) groups excluding carboxylic acids is 1. The number of aromatic nitrogens is 3. The molecular formula is C24H21F3N4O3. The molecular weight excluding hydrogens is 449 g/mol. The average molecular weight is 470 g/mol. The monoisotopic (exact) mass is 470 g/mol. The molecule has 0 aliphatic rings. The van der Waals surface area contributed by atoms with Gasteiger partial charge in [0.2, 0.25) is 5.91 Å². The van der Waals surface area contributed by atoms with Crippen molar-refractivity contribution < 1.29 is 27.4 Å². The van der Waals surface area contributed by atoms with Crippen LogP contribution in [0.5, 0.6) is 11.5 Å². The van der Waals surface area contributed by atoms with Crippen LogP contribution in [-0.4, -0.2) is 40.3 Å². The largest absolute Gasteiger partial charge is 0.493 e. The molecule has 0 aliphatic carbocycles. The standard InChI is InChI=1S/C24H21F3N4O3/c1-33-21-12-16(6-9-20(21)34-14-24(25,26)27)7-11-23(32)30-17-8-10-22(28-13-17)31-15-29-18-4-2-3-5-19(18)31/h2-6,8-10,12-13,15H,7,11,14H2,1H3,(H,30,32). The van der Waals surface area contributed by atoms with Crippen LogP contribution in [0.2, 0.25) is 0 Å². The molecule has 1 amide bonds. The van der Waals surface area contributed by atoms with Gasteiger partial charge < -0.3 is 14.8 Å². The molecule has 0 unspecified atom stereocenters. The van der Waals surface area contributed by atoms with Gasteiger partial charge in [0.25, 0.3) is 0 Å². The minimum Gasteiger partial charge on any atom is -0.493 e. The van der Waals surface area contributed by atoms with E-state index in [1.807, 2.05) is 28.8 Å². The Labute approximate surface area is 193 Å². The van der Waals surface area contributed by atoms with Crippen molar-refractivity contribution in [1.82, 2.24) is 14.5 Å². The summed E-state index contributed by atoms with van der Waals surface area (Å²) in [7, 11) is 1.34. The van der Waals surface area contributed by atoms with Crippen LogP contribution in [0.15, 0.2) is 67.1 Å². The normalized spacial score (nSPS) is 11.4. The molecule has 4 aromatic rings. The van der Waals surface area contributed by atoms with Gasteiger partial charge in [0.05, 0.1) is 30.0 Å². The zero-order valence-corrected chi connectivity index (χ0v) is 18.2. The maximum atomic E-state index is 12.4.